The maximum Gasteiger partial charge on any atom is 0.287 e. The third-order valence-corrected chi connectivity index (χ3v) is 3.53. The number of rotatable bonds is 5. The largest absolute Gasteiger partial charge is 0.451 e. The first-order valence-corrected chi connectivity index (χ1v) is 6.93. The summed E-state index contributed by atoms with van der Waals surface area (Å²) in [6.45, 7) is 6.13. The lowest BCUT2D eigenvalue weighted by Crippen LogP contribution is -2.32. The molecule has 4 heteroatoms. The van der Waals surface area contributed by atoms with Crippen LogP contribution in [0.2, 0.25) is 0 Å². The molecule has 0 fully saturated rings. The van der Waals surface area contributed by atoms with Gasteiger partial charge in [0.2, 0.25) is 0 Å². The van der Waals surface area contributed by atoms with Gasteiger partial charge in [0.1, 0.15) is 5.58 Å². The number of amides is 1. The number of nitrogens with one attached hydrogen (secondary N) is 1. The number of hydrogen-bond acceptors (Lipinski definition) is 3. The molecular weight excluding hydrogens is 254 g/mol. The van der Waals surface area contributed by atoms with Crippen LogP contribution in [0.1, 0.15) is 41.4 Å². The number of furan rings is 1. The molecule has 0 saturated carbocycles. The number of aliphatic hydroxyl groups excluding tert-OH is 1. The van der Waals surface area contributed by atoms with E-state index < -0.39 is 0 Å². The van der Waals surface area contributed by atoms with Crippen LogP contribution in [-0.2, 0) is 0 Å². The van der Waals surface area contributed by atoms with E-state index in [0.717, 1.165) is 23.0 Å². The van der Waals surface area contributed by atoms with Crippen molar-refractivity contribution < 1.29 is 14.3 Å². The summed E-state index contributed by atoms with van der Waals surface area (Å²) < 4.78 is 5.61. The minimum atomic E-state index is -0.207. The van der Waals surface area contributed by atoms with Gasteiger partial charge in [0.15, 0.2) is 5.76 Å². The highest BCUT2D eigenvalue weighted by atomic mass is 16.3. The molecule has 1 atom stereocenters. The fraction of sp³-hybridized carbons (Fsp3) is 0.438. The lowest BCUT2D eigenvalue weighted by molar-refractivity contribution is 0.0910. The predicted octanol–water partition coefficient (Wildman–Crippen LogP) is 2.94. The van der Waals surface area contributed by atoms with Crippen molar-refractivity contribution in [1.82, 2.24) is 5.32 Å². The summed E-state index contributed by atoms with van der Waals surface area (Å²) in [6.07, 6.45) is 1.43. The van der Waals surface area contributed by atoms with Crippen LogP contribution in [0.15, 0.2) is 22.6 Å². The number of aryl methyl sites for hydroxylation is 2. The molecule has 1 amide bonds. The van der Waals surface area contributed by atoms with Crippen molar-refractivity contribution >= 4 is 16.9 Å². The molecule has 20 heavy (non-hydrogen) atoms. The van der Waals surface area contributed by atoms with E-state index in [1.165, 1.54) is 5.56 Å². The van der Waals surface area contributed by atoms with Crippen LogP contribution in [0.25, 0.3) is 11.0 Å². The topological polar surface area (TPSA) is 62.5 Å². The van der Waals surface area contributed by atoms with Crippen molar-refractivity contribution in [2.24, 2.45) is 0 Å². The molecule has 4 nitrogen and oxygen atoms in total. The average molecular weight is 275 g/mol. The lowest BCUT2D eigenvalue weighted by atomic mass is 10.1. The Morgan fingerprint density at radius 2 is 2.00 bits per heavy atom. The highest BCUT2D eigenvalue weighted by Crippen LogP contribution is 2.23. The zero-order valence-electron chi connectivity index (χ0n) is 12.2. The summed E-state index contributed by atoms with van der Waals surface area (Å²) >= 11 is 0. The van der Waals surface area contributed by atoms with Crippen LogP contribution < -0.4 is 5.32 Å². The first kappa shape index (κ1) is 14.6. The van der Waals surface area contributed by atoms with Crippen LogP contribution in [0.5, 0.6) is 0 Å². The molecule has 0 radical (unpaired) electrons. The van der Waals surface area contributed by atoms with Crippen LogP contribution in [0, 0.1) is 13.8 Å². The van der Waals surface area contributed by atoms with Crippen molar-refractivity contribution in [3.05, 3.63) is 35.1 Å². The number of carbonyl (C=O) groups excluding carboxylic acids is 1. The van der Waals surface area contributed by atoms with Gasteiger partial charge >= 0.3 is 0 Å². The van der Waals surface area contributed by atoms with E-state index in [9.17, 15) is 4.79 Å². The Morgan fingerprint density at radius 1 is 1.30 bits per heavy atom. The molecule has 1 heterocycles. The summed E-state index contributed by atoms with van der Waals surface area (Å²) in [4.78, 5) is 12.1. The second-order valence-corrected chi connectivity index (χ2v) is 5.33. The van der Waals surface area contributed by atoms with Gasteiger partial charge in [-0.15, -0.1) is 0 Å². The summed E-state index contributed by atoms with van der Waals surface area (Å²) in [5, 5.41) is 12.6. The number of hydrogen-bond donors (Lipinski definition) is 2. The summed E-state index contributed by atoms with van der Waals surface area (Å²) in [6, 6.07) is 5.78. The maximum absolute atomic E-state index is 12.1. The molecule has 1 aromatic carbocycles. The minimum Gasteiger partial charge on any atom is -0.451 e. The summed E-state index contributed by atoms with van der Waals surface area (Å²) in [5.41, 5.74) is 3.07. The molecule has 0 aliphatic carbocycles. The minimum absolute atomic E-state index is 0.0198. The van der Waals surface area contributed by atoms with Crippen molar-refractivity contribution in [3.63, 3.8) is 0 Å². The molecule has 0 saturated heterocycles. The average Bonchev–Trinajstić information content (AvgIpc) is 2.80. The van der Waals surface area contributed by atoms with Crippen molar-refractivity contribution in [1.29, 1.82) is 0 Å². The Labute approximate surface area is 118 Å². The standard InChI is InChI=1S/C16H21NO3/c1-10-7-13-9-15(20-14(13)8-11(10)2)16(19)17-12(3)5-4-6-18/h7-9,12,18H,4-6H2,1-3H3,(H,17,19). The third kappa shape index (κ3) is 3.20. The fourth-order valence-electron chi connectivity index (χ4n) is 2.18. The van der Waals surface area contributed by atoms with Gasteiger partial charge < -0.3 is 14.8 Å². The quantitative estimate of drug-likeness (QED) is 0.882. The summed E-state index contributed by atoms with van der Waals surface area (Å²) in [7, 11) is 0. The van der Waals surface area contributed by atoms with Crippen molar-refractivity contribution in [3.8, 4) is 0 Å². The second-order valence-electron chi connectivity index (χ2n) is 5.33. The van der Waals surface area contributed by atoms with Gasteiger partial charge in [0.05, 0.1) is 0 Å². The zero-order valence-corrected chi connectivity index (χ0v) is 12.2. The van der Waals surface area contributed by atoms with E-state index in [1.807, 2.05) is 32.9 Å². The number of aliphatic hydroxyl groups is 1. The molecular formula is C16H21NO3. The van der Waals surface area contributed by atoms with Crippen LogP contribution in [0.3, 0.4) is 0 Å². The van der Waals surface area contributed by atoms with Gasteiger partial charge in [-0.3, -0.25) is 4.79 Å². The van der Waals surface area contributed by atoms with E-state index in [2.05, 4.69) is 5.32 Å². The maximum atomic E-state index is 12.1. The third-order valence-electron chi connectivity index (χ3n) is 3.53. The van der Waals surface area contributed by atoms with Gasteiger partial charge in [-0.25, -0.2) is 0 Å². The highest BCUT2D eigenvalue weighted by molar-refractivity contribution is 5.96. The van der Waals surface area contributed by atoms with E-state index in [1.54, 1.807) is 6.07 Å². The molecule has 2 N–H and O–H groups in total. The van der Waals surface area contributed by atoms with Crippen molar-refractivity contribution in [2.75, 3.05) is 6.61 Å². The van der Waals surface area contributed by atoms with Crippen LogP contribution in [0.4, 0.5) is 0 Å². The molecule has 1 aromatic heterocycles. The Hall–Kier alpha value is -1.81. The Bertz CT molecular complexity index is 576. The van der Waals surface area contributed by atoms with Gasteiger partial charge in [-0.2, -0.15) is 0 Å². The molecule has 108 valence electrons. The van der Waals surface area contributed by atoms with E-state index in [-0.39, 0.29) is 18.6 Å². The smallest absolute Gasteiger partial charge is 0.287 e. The molecule has 0 spiro atoms. The number of carbonyl (C=O) groups is 1. The van der Waals surface area contributed by atoms with E-state index in [4.69, 9.17) is 9.52 Å². The van der Waals surface area contributed by atoms with Crippen molar-refractivity contribution in [2.45, 2.75) is 39.7 Å². The van der Waals surface area contributed by atoms with E-state index in [0.29, 0.717) is 12.2 Å². The van der Waals surface area contributed by atoms with Gasteiger partial charge in [0, 0.05) is 18.0 Å². The number of benzene rings is 1. The fourth-order valence-corrected chi connectivity index (χ4v) is 2.18. The molecule has 0 aliphatic heterocycles. The Morgan fingerprint density at radius 3 is 2.70 bits per heavy atom. The van der Waals surface area contributed by atoms with Gasteiger partial charge in [0.25, 0.3) is 5.91 Å². The van der Waals surface area contributed by atoms with E-state index >= 15 is 0 Å². The molecule has 0 aliphatic rings. The molecule has 1 unspecified atom stereocenters. The Kier molecular flexibility index (Phi) is 4.45. The van der Waals surface area contributed by atoms with Crippen LogP contribution in [-0.4, -0.2) is 23.7 Å². The van der Waals surface area contributed by atoms with Gasteiger partial charge in [-0.05, 0) is 62.9 Å². The Balaban J connectivity index is 2.14. The van der Waals surface area contributed by atoms with Gasteiger partial charge in [-0.1, -0.05) is 0 Å². The zero-order chi connectivity index (χ0) is 14.7. The lowest BCUT2D eigenvalue weighted by Gasteiger charge is -2.11. The molecule has 0 bridgehead atoms. The summed E-state index contributed by atoms with van der Waals surface area (Å²) in [5.74, 6) is 0.128. The highest BCUT2D eigenvalue weighted by Gasteiger charge is 2.15. The molecule has 2 rings (SSSR count). The normalized spacial score (nSPS) is 12.6. The first-order valence-electron chi connectivity index (χ1n) is 6.93. The monoisotopic (exact) mass is 275 g/mol. The predicted molar refractivity (Wildman–Crippen MR) is 78.9 cm³/mol. The SMILES string of the molecule is Cc1cc2cc(C(=O)NC(C)CCCO)oc2cc1C. The first-order chi connectivity index (χ1) is 9.51. The number of fused-ring (bicyclic) bond motifs is 1. The second kappa shape index (κ2) is 6.09. The van der Waals surface area contributed by atoms with Crippen LogP contribution >= 0.6 is 0 Å². The molecule has 2 aromatic rings.